The minimum atomic E-state index is -0.516. The van der Waals surface area contributed by atoms with Crippen molar-refractivity contribution >= 4 is 22.7 Å². The third-order valence-electron chi connectivity index (χ3n) is 6.04. The number of aryl methyl sites for hydroxylation is 1. The molecule has 8 heteroatoms. The number of nitrogens with one attached hydrogen (secondary N) is 2. The van der Waals surface area contributed by atoms with Gasteiger partial charge >= 0.3 is 5.69 Å². The summed E-state index contributed by atoms with van der Waals surface area (Å²) in [6.45, 7) is 5.75. The van der Waals surface area contributed by atoms with E-state index in [1.165, 1.54) is 14.7 Å². The number of carbonyl (C=O) groups excluding carboxylic acids is 2. The highest BCUT2D eigenvalue weighted by Crippen LogP contribution is 2.09. The molecule has 0 saturated carbocycles. The minimum Gasteiger partial charge on any atom is -0.354 e. The molecule has 3 rings (SSSR count). The third kappa shape index (κ3) is 7.41. The van der Waals surface area contributed by atoms with Crippen LogP contribution in [-0.4, -0.2) is 33.0 Å². The smallest absolute Gasteiger partial charge is 0.331 e. The standard InChI is InChI=1S/C28H36N4O4/c1-20(2)29-25(33)15-9-10-18-31-27(35)23-13-7-8-14-24(23)32(28(31)36)19-26(34)30-21(3)16-17-22-11-5-4-6-12-22/h4-8,11-14,20-21H,9-10,15-19H2,1-3H3,(H,29,33)(H,30,34)/t21-/m1/s1. The van der Waals surface area contributed by atoms with Crippen LogP contribution in [0.1, 0.15) is 52.0 Å². The number of rotatable bonds is 12. The molecule has 3 aromatic rings. The largest absolute Gasteiger partial charge is 0.354 e. The lowest BCUT2D eigenvalue weighted by Gasteiger charge is -2.17. The Balaban J connectivity index is 1.70. The molecule has 0 saturated heterocycles. The van der Waals surface area contributed by atoms with Gasteiger partial charge in [-0.2, -0.15) is 0 Å². The van der Waals surface area contributed by atoms with Crippen molar-refractivity contribution in [3.63, 3.8) is 0 Å². The van der Waals surface area contributed by atoms with Crippen molar-refractivity contribution in [3.05, 3.63) is 81.0 Å². The molecule has 2 aromatic carbocycles. The molecule has 0 radical (unpaired) electrons. The van der Waals surface area contributed by atoms with Crippen LogP contribution < -0.4 is 21.9 Å². The van der Waals surface area contributed by atoms with E-state index in [0.717, 1.165) is 12.8 Å². The van der Waals surface area contributed by atoms with Crippen molar-refractivity contribution in [2.45, 2.75) is 78.0 Å². The van der Waals surface area contributed by atoms with Gasteiger partial charge in [-0.15, -0.1) is 0 Å². The van der Waals surface area contributed by atoms with E-state index < -0.39 is 5.69 Å². The summed E-state index contributed by atoms with van der Waals surface area (Å²) in [6.07, 6.45) is 3.00. The second kappa shape index (κ2) is 12.9. The Morgan fingerprint density at radius 3 is 2.25 bits per heavy atom. The van der Waals surface area contributed by atoms with Gasteiger partial charge in [0.05, 0.1) is 10.9 Å². The highest BCUT2D eigenvalue weighted by Gasteiger charge is 2.16. The van der Waals surface area contributed by atoms with E-state index in [-0.39, 0.29) is 42.5 Å². The monoisotopic (exact) mass is 492 g/mol. The van der Waals surface area contributed by atoms with Crippen LogP contribution in [0.15, 0.2) is 64.2 Å². The van der Waals surface area contributed by atoms with Gasteiger partial charge in [0.2, 0.25) is 11.8 Å². The molecule has 0 spiro atoms. The van der Waals surface area contributed by atoms with Gasteiger partial charge < -0.3 is 10.6 Å². The number of unbranched alkanes of at least 4 members (excludes halogenated alkanes) is 1. The van der Waals surface area contributed by atoms with Gasteiger partial charge in [-0.05, 0) is 64.2 Å². The number of benzene rings is 2. The van der Waals surface area contributed by atoms with Crippen LogP contribution in [0.25, 0.3) is 10.9 Å². The maximum Gasteiger partial charge on any atom is 0.331 e. The Morgan fingerprint density at radius 1 is 0.833 bits per heavy atom. The molecule has 1 aromatic heterocycles. The summed E-state index contributed by atoms with van der Waals surface area (Å²) in [6, 6.07) is 16.9. The molecule has 2 N–H and O–H groups in total. The van der Waals surface area contributed by atoms with E-state index in [4.69, 9.17) is 0 Å². The average Bonchev–Trinajstić information content (AvgIpc) is 2.85. The molecule has 1 heterocycles. The van der Waals surface area contributed by atoms with Crippen molar-refractivity contribution < 1.29 is 9.59 Å². The van der Waals surface area contributed by atoms with Gasteiger partial charge in [-0.25, -0.2) is 4.79 Å². The maximum absolute atomic E-state index is 13.3. The van der Waals surface area contributed by atoms with Crippen LogP contribution in [0.2, 0.25) is 0 Å². The third-order valence-corrected chi connectivity index (χ3v) is 6.04. The number of para-hydroxylation sites is 1. The molecule has 8 nitrogen and oxygen atoms in total. The lowest BCUT2D eigenvalue weighted by Crippen LogP contribution is -2.44. The van der Waals surface area contributed by atoms with E-state index >= 15 is 0 Å². The molecule has 1 atom stereocenters. The van der Waals surface area contributed by atoms with Gasteiger partial charge in [0, 0.05) is 25.0 Å². The fraction of sp³-hybridized carbons (Fsp3) is 0.429. The lowest BCUT2D eigenvalue weighted by atomic mass is 10.1. The van der Waals surface area contributed by atoms with Crippen LogP contribution >= 0.6 is 0 Å². The van der Waals surface area contributed by atoms with Gasteiger partial charge in [0.1, 0.15) is 6.54 Å². The summed E-state index contributed by atoms with van der Waals surface area (Å²) in [5.41, 5.74) is 0.745. The Labute approximate surface area is 211 Å². The summed E-state index contributed by atoms with van der Waals surface area (Å²) in [5, 5.41) is 6.20. The molecule has 0 bridgehead atoms. The predicted molar refractivity (Wildman–Crippen MR) is 142 cm³/mol. The van der Waals surface area contributed by atoms with Crippen LogP contribution in [0.5, 0.6) is 0 Å². The summed E-state index contributed by atoms with van der Waals surface area (Å²) in [5.74, 6) is -0.329. The highest BCUT2D eigenvalue weighted by atomic mass is 16.2. The van der Waals surface area contributed by atoms with E-state index in [1.807, 2.05) is 39.0 Å². The van der Waals surface area contributed by atoms with E-state index in [0.29, 0.717) is 30.2 Å². The fourth-order valence-corrected chi connectivity index (χ4v) is 4.23. The quantitative estimate of drug-likeness (QED) is 0.380. The Kier molecular flexibility index (Phi) is 9.61. The molecule has 36 heavy (non-hydrogen) atoms. The van der Waals surface area contributed by atoms with Crippen LogP contribution in [0.4, 0.5) is 0 Å². The van der Waals surface area contributed by atoms with Gasteiger partial charge in [-0.1, -0.05) is 42.5 Å². The van der Waals surface area contributed by atoms with Gasteiger partial charge in [0.15, 0.2) is 0 Å². The molecule has 0 unspecified atom stereocenters. The normalized spacial score (nSPS) is 12.0. The second-order valence-electron chi connectivity index (χ2n) is 9.51. The number of nitrogens with zero attached hydrogens (tertiary/aromatic N) is 2. The Morgan fingerprint density at radius 2 is 1.53 bits per heavy atom. The van der Waals surface area contributed by atoms with Gasteiger partial charge in [0.25, 0.3) is 5.56 Å². The Hall–Kier alpha value is -3.68. The van der Waals surface area contributed by atoms with Crippen molar-refractivity contribution in [3.8, 4) is 0 Å². The lowest BCUT2D eigenvalue weighted by molar-refractivity contribution is -0.123. The average molecular weight is 493 g/mol. The van der Waals surface area contributed by atoms with Crippen molar-refractivity contribution in [2.24, 2.45) is 0 Å². The zero-order valence-corrected chi connectivity index (χ0v) is 21.3. The topological polar surface area (TPSA) is 102 Å². The van der Waals surface area contributed by atoms with Crippen LogP contribution in [-0.2, 0) is 29.1 Å². The number of hydrogen-bond donors (Lipinski definition) is 2. The first kappa shape index (κ1) is 26.9. The highest BCUT2D eigenvalue weighted by molar-refractivity contribution is 5.81. The van der Waals surface area contributed by atoms with Crippen molar-refractivity contribution in [1.82, 2.24) is 19.8 Å². The molecular formula is C28H36N4O4. The molecule has 0 aliphatic heterocycles. The predicted octanol–water partition coefficient (Wildman–Crippen LogP) is 3.00. The zero-order valence-electron chi connectivity index (χ0n) is 21.3. The number of carbonyl (C=O) groups is 2. The maximum atomic E-state index is 13.3. The molecule has 0 aliphatic carbocycles. The number of amides is 2. The second-order valence-corrected chi connectivity index (χ2v) is 9.51. The van der Waals surface area contributed by atoms with Gasteiger partial charge in [-0.3, -0.25) is 23.5 Å². The molecule has 2 amide bonds. The summed E-state index contributed by atoms with van der Waals surface area (Å²) in [7, 11) is 0. The molecule has 0 fully saturated rings. The fourth-order valence-electron chi connectivity index (χ4n) is 4.23. The molecular weight excluding hydrogens is 456 g/mol. The van der Waals surface area contributed by atoms with Crippen molar-refractivity contribution in [1.29, 1.82) is 0 Å². The minimum absolute atomic E-state index is 0.0497. The Bertz CT molecular complexity index is 1290. The first-order valence-electron chi connectivity index (χ1n) is 12.6. The molecule has 192 valence electrons. The summed E-state index contributed by atoms with van der Waals surface area (Å²) in [4.78, 5) is 51.0. The number of fused-ring (bicyclic) bond motifs is 1. The van der Waals surface area contributed by atoms with Crippen LogP contribution in [0, 0.1) is 0 Å². The summed E-state index contributed by atoms with van der Waals surface area (Å²) >= 11 is 0. The first-order valence-corrected chi connectivity index (χ1v) is 12.6. The van der Waals surface area contributed by atoms with Crippen molar-refractivity contribution in [2.75, 3.05) is 0 Å². The van der Waals surface area contributed by atoms with E-state index in [9.17, 15) is 19.2 Å². The SMILES string of the molecule is CC(C)NC(=O)CCCCn1c(=O)c2ccccc2n(CC(=O)N[C@H](C)CCc2ccccc2)c1=O. The number of aromatic nitrogens is 2. The van der Waals surface area contributed by atoms with Crippen LogP contribution in [0.3, 0.4) is 0 Å². The van der Waals surface area contributed by atoms with E-state index in [1.54, 1.807) is 24.3 Å². The zero-order chi connectivity index (χ0) is 26.1. The molecule has 0 aliphatic rings. The summed E-state index contributed by atoms with van der Waals surface area (Å²) < 4.78 is 2.54. The number of hydrogen-bond acceptors (Lipinski definition) is 4. The first-order chi connectivity index (χ1) is 17.3. The van der Waals surface area contributed by atoms with E-state index in [2.05, 4.69) is 22.8 Å².